The maximum absolute atomic E-state index is 11.5. The van der Waals surface area contributed by atoms with E-state index in [1.807, 2.05) is 12.1 Å². The third-order valence-electron chi connectivity index (χ3n) is 3.21. The van der Waals surface area contributed by atoms with Crippen LogP contribution in [0.25, 0.3) is 0 Å². The molecular weight excluding hydrogens is 254 g/mol. The number of benzene rings is 1. The van der Waals surface area contributed by atoms with Gasteiger partial charge in [-0.2, -0.15) is 0 Å². The van der Waals surface area contributed by atoms with Crippen molar-refractivity contribution >= 4 is 15.4 Å². The molecule has 0 spiro atoms. The summed E-state index contributed by atoms with van der Waals surface area (Å²) in [5, 5.41) is 2.64. The number of nitrogens with zero attached hydrogens (tertiary/aromatic N) is 1. The van der Waals surface area contributed by atoms with E-state index in [2.05, 4.69) is 37.3 Å². The molecule has 0 aliphatic heterocycles. The van der Waals surface area contributed by atoms with E-state index in [0.717, 1.165) is 21.1 Å². The molecule has 1 rings (SSSR count). The minimum atomic E-state index is -0.0368. The Bertz CT molecular complexity index is 435. The summed E-state index contributed by atoms with van der Waals surface area (Å²) in [6, 6.07) is 6.90. The van der Waals surface area contributed by atoms with Gasteiger partial charge in [0.15, 0.2) is 0 Å². The fourth-order valence-electron chi connectivity index (χ4n) is 1.88. The van der Waals surface area contributed by atoms with Crippen LogP contribution in [0.4, 0.5) is 0 Å². The molecule has 0 heterocycles. The van der Waals surface area contributed by atoms with Gasteiger partial charge < -0.3 is 16.0 Å². The standard InChI is InChI=1S/C14H23N3OSi/c1-10-7-11(14(18)16-2)5-6-12(10)9-19-13(8-15)17(3)4/h5-7,13H,8-9,15H2,1-4H3,(H,16,18)/t13-/m0/s1. The minimum absolute atomic E-state index is 0.0368. The predicted molar refractivity (Wildman–Crippen MR) is 80.6 cm³/mol. The summed E-state index contributed by atoms with van der Waals surface area (Å²) in [4.78, 5) is 13.7. The monoisotopic (exact) mass is 277 g/mol. The van der Waals surface area contributed by atoms with Gasteiger partial charge in [-0.1, -0.05) is 6.07 Å². The molecular formula is C14H23N3OSi. The third-order valence-corrected chi connectivity index (χ3v) is 5.01. The normalized spacial score (nSPS) is 12.5. The summed E-state index contributed by atoms with van der Waals surface area (Å²) in [6.07, 6.45) is 0. The summed E-state index contributed by atoms with van der Waals surface area (Å²) in [7, 11) is 6.54. The molecule has 5 heteroatoms. The molecule has 1 aromatic carbocycles. The van der Waals surface area contributed by atoms with Crippen molar-refractivity contribution in [1.29, 1.82) is 0 Å². The summed E-state index contributed by atoms with van der Waals surface area (Å²) in [5.41, 5.74) is 9.38. The number of nitrogens with one attached hydrogen (secondary N) is 1. The minimum Gasteiger partial charge on any atom is -0.355 e. The van der Waals surface area contributed by atoms with Crippen LogP contribution in [0.5, 0.6) is 0 Å². The fourth-order valence-corrected chi connectivity index (χ4v) is 3.27. The van der Waals surface area contributed by atoms with E-state index >= 15 is 0 Å². The number of hydrogen-bond donors (Lipinski definition) is 2. The van der Waals surface area contributed by atoms with Gasteiger partial charge in [-0.15, -0.1) is 0 Å². The molecule has 0 saturated heterocycles. The first-order chi connectivity index (χ1) is 8.99. The van der Waals surface area contributed by atoms with Crippen molar-refractivity contribution in [3.63, 3.8) is 0 Å². The highest BCUT2D eigenvalue weighted by Crippen LogP contribution is 2.12. The second-order valence-electron chi connectivity index (χ2n) is 4.82. The number of carbonyl (C=O) groups excluding carboxylic acids is 1. The zero-order valence-electron chi connectivity index (χ0n) is 12.2. The Balaban J connectivity index is 2.72. The molecule has 0 unspecified atom stereocenters. The van der Waals surface area contributed by atoms with Crippen LogP contribution < -0.4 is 11.1 Å². The Labute approximate surface area is 118 Å². The second kappa shape index (κ2) is 7.42. The van der Waals surface area contributed by atoms with Gasteiger partial charge in [0.1, 0.15) is 0 Å². The first-order valence-corrected chi connectivity index (χ1v) is 7.69. The maximum Gasteiger partial charge on any atom is 0.251 e. The van der Waals surface area contributed by atoms with Crippen molar-refractivity contribution in [3.8, 4) is 0 Å². The quantitative estimate of drug-likeness (QED) is 0.740. The lowest BCUT2D eigenvalue weighted by molar-refractivity contribution is 0.0963. The molecule has 0 aliphatic rings. The molecule has 0 bridgehead atoms. The van der Waals surface area contributed by atoms with Crippen LogP contribution in [0, 0.1) is 6.92 Å². The van der Waals surface area contributed by atoms with Crippen molar-refractivity contribution in [2.24, 2.45) is 5.73 Å². The molecule has 0 aliphatic carbocycles. The number of nitrogens with two attached hydrogens (primary N) is 1. The Hall–Kier alpha value is -1.17. The molecule has 1 atom stereocenters. The Morgan fingerprint density at radius 1 is 1.47 bits per heavy atom. The Morgan fingerprint density at radius 3 is 2.63 bits per heavy atom. The Morgan fingerprint density at radius 2 is 2.16 bits per heavy atom. The van der Waals surface area contributed by atoms with E-state index in [4.69, 9.17) is 5.73 Å². The fraction of sp³-hybridized carbons (Fsp3) is 0.500. The molecule has 2 radical (unpaired) electrons. The van der Waals surface area contributed by atoms with Crippen LogP contribution in [-0.2, 0) is 6.04 Å². The van der Waals surface area contributed by atoms with E-state index in [1.165, 1.54) is 11.1 Å². The van der Waals surface area contributed by atoms with Crippen LogP contribution in [0.1, 0.15) is 21.5 Å². The second-order valence-corrected chi connectivity index (χ2v) is 6.24. The summed E-state index contributed by atoms with van der Waals surface area (Å²) in [5.74, 6) is -0.0368. The highest BCUT2D eigenvalue weighted by atomic mass is 28.2. The first-order valence-electron chi connectivity index (χ1n) is 6.41. The van der Waals surface area contributed by atoms with E-state index in [9.17, 15) is 4.79 Å². The average molecular weight is 277 g/mol. The molecule has 4 nitrogen and oxygen atoms in total. The van der Waals surface area contributed by atoms with Gasteiger partial charge in [0.2, 0.25) is 0 Å². The van der Waals surface area contributed by atoms with Gasteiger partial charge in [-0.25, -0.2) is 0 Å². The van der Waals surface area contributed by atoms with Gasteiger partial charge in [0.05, 0.1) is 9.52 Å². The van der Waals surface area contributed by atoms with E-state index < -0.39 is 0 Å². The van der Waals surface area contributed by atoms with Crippen LogP contribution >= 0.6 is 0 Å². The molecule has 3 N–H and O–H groups in total. The molecule has 104 valence electrons. The highest BCUT2D eigenvalue weighted by molar-refractivity contribution is 6.37. The highest BCUT2D eigenvalue weighted by Gasteiger charge is 2.12. The number of amides is 1. The van der Waals surface area contributed by atoms with Gasteiger partial charge in [-0.05, 0) is 50.3 Å². The molecule has 0 fully saturated rings. The maximum atomic E-state index is 11.5. The molecule has 0 saturated carbocycles. The van der Waals surface area contributed by atoms with E-state index in [1.54, 1.807) is 7.05 Å². The van der Waals surface area contributed by atoms with Gasteiger partial charge in [-0.3, -0.25) is 4.79 Å². The van der Waals surface area contributed by atoms with Crippen LogP contribution in [0.15, 0.2) is 18.2 Å². The van der Waals surface area contributed by atoms with Crippen molar-refractivity contribution in [2.45, 2.75) is 18.6 Å². The van der Waals surface area contributed by atoms with Gasteiger partial charge in [0, 0.05) is 24.8 Å². The van der Waals surface area contributed by atoms with Gasteiger partial charge >= 0.3 is 0 Å². The number of likely N-dealkylation sites (N-methyl/N-ethyl adjacent to an activating group) is 1. The lowest BCUT2D eigenvalue weighted by Gasteiger charge is -2.22. The first kappa shape index (κ1) is 15.9. The SMILES string of the molecule is CNC(=O)c1ccc(C[Si][C@@H](CN)N(C)C)c(C)c1. The zero-order chi connectivity index (χ0) is 14.4. The van der Waals surface area contributed by atoms with Crippen molar-refractivity contribution in [1.82, 2.24) is 10.2 Å². The summed E-state index contributed by atoms with van der Waals surface area (Å²) < 4.78 is 0. The predicted octanol–water partition coefficient (Wildman–Crippen LogP) is 0.405. The zero-order valence-corrected chi connectivity index (χ0v) is 13.2. The average Bonchev–Trinajstić information content (AvgIpc) is 2.39. The number of hydrogen-bond acceptors (Lipinski definition) is 3. The topological polar surface area (TPSA) is 58.4 Å². The lowest BCUT2D eigenvalue weighted by atomic mass is 10.1. The van der Waals surface area contributed by atoms with Crippen molar-refractivity contribution in [2.75, 3.05) is 27.7 Å². The summed E-state index contributed by atoms with van der Waals surface area (Å²) in [6.45, 7) is 2.74. The van der Waals surface area contributed by atoms with Crippen LogP contribution in [-0.4, -0.2) is 53.7 Å². The molecule has 0 aromatic heterocycles. The molecule has 1 amide bonds. The van der Waals surface area contributed by atoms with E-state index in [-0.39, 0.29) is 5.91 Å². The van der Waals surface area contributed by atoms with Gasteiger partial charge in [0.25, 0.3) is 5.91 Å². The third kappa shape index (κ3) is 4.45. The van der Waals surface area contributed by atoms with Crippen LogP contribution in [0.2, 0.25) is 0 Å². The van der Waals surface area contributed by atoms with Crippen molar-refractivity contribution in [3.05, 3.63) is 34.9 Å². The largest absolute Gasteiger partial charge is 0.355 e. The van der Waals surface area contributed by atoms with Crippen LogP contribution in [0.3, 0.4) is 0 Å². The van der Waals surface area contributed by atoms with Crippen molar-refractivity contribution < 1.29 is 4.79 Å². The lowest BCUT2D eigenvalue weighted by Crippen LogP contribution is -2.40. The summed E-state index contributed by atoms with van der Waals surface area (Å²) >= 11 is 0. The molecule has 1 aromatic rings. The van der Waals surface area contributed by atoms with E-state index in [0.29, 0.717) is 12.2 Å². The number of rotatable bonds is 6. The number of aryl methyl sites for hydroxylation is 1. The molecule has 19 heavy (non-hydrogen) atoms. The smallest absolute Gasteiger partial charge is 0.251 e. The number of carbonyl (C=O) groups is 1. The Kier molecular flexibility index (Phi) is 6.21.